The van der Waals surface area contributed by atoms with Crippen molar-refractivity contribution in [3.8, 4) is 33.4 Å². The summed E-state index contributed by atoms with van der Waals surface area (Å²) in [6.45, 7) is 9.50. The van der Waals surface area contributed by atoms with E-state index in [9.17, 15) is 0 Å². The molecule has 0 unspecified atom stereocenters. The molecule has 2 aliphatic carbocycles. The lowest BCUT2D eigenvalue weighted by Crippen LogP contribution is -2.29. The topological polar surface area (TPSA) is 3.24 Å². The molecule has 0 amide bonds. The van der Waals surface area contributed by atoms with E-state index in [1.165, 1.54) is 93.4 Å². The Morgan fingerprint density at radius 1 is 0.365 bits per heavy atom. The molecule has 0 radical (unpaired) electrons. The third kappa shape index (κ3) is 5.44. The number of rotatable bonds is 6. The van der Waals surface area contributed by atoms with Crippen LogP contribution in [0.3, 0.4) is 0 Å². The lowest BCUT2D eigenvalue weighted by Gasteiger charge is -2.38. The molecule has 9 aromatic carbocycles. The summed E-state index contributed by atoms with van der Waals surface area (Å²) in [5, 5.41) is 0. The van der Waals surface area contributed by atoms with Crippen LogP contribution in [0.4, 0.5) is 17.1 Å². The molecule has 3 aliphatic rings. The van der Waals surface area contributed by atoms with Gasteiger partial charge in [-0.1, -0.05) is 215 Å². The van der Waals surface area contributed by atoms with Crippen LogP contribution >= 0.6 is 11.8 Å². The lowest BCUT2D eigenvalue weighted by atomic mass is 9.67. The molecule has 0 spiro atoms. The van der Waals surface area contributed by atoms with E-state index >= 15 is 0 Å². The van der Waals surface area contributed by atoms with E-state index in [1.54, 1.807) is 0 Å². The van der Waals surface area contributed by atoms with Crippen LogP contribution in [0.5, 0.6) is 0 Å². The summed E-state index contributed by atoms with van der Waals surface area (Å²) < 4.78 is 0. The number of fused-ring (bicyclic) bond motifs is 8. The molecule has 0 bridgehead atoms. The van der Waals surface area contributed by atoms with Crippen molar-refractivity contribution in [2.45, 2.75) is 53.7 Å². The zero-order chi connectivity index (χ0) is 42.5. The molecular weight excluding hydrogens is 779 g/mol. The van der Waals surface area contributed by atoms with Crippen LogP contribution in [0.25, 0.3) is 33.4 Å². The van der Waals surface area contributed by atoms with Gasteiger partial charge in [-0.15, -0.1) is 0 Å². The second-order valence-electron chi connectivity index (χ2n) is 18.4. The van der Waals surface area contributed by atoms with Crippen molar-refractivity contribution in [1.82, 2.24) is 0 Å². The third-order valence-corrected chi connectivity index (χ3v) is 15.6. The highest BCUT2D eigenvalue weighted by atomic mass is 32.2. The maximum Gasteiger partial charge on any atom is 0.0714 e. The van der Waals surface area contributed by atoms with Crippen molar-refractivity contribution in [3.05, 3.63) is 257 Å². The normalized spacial score (nSPS) is 15.3. The van der Waals surface area contributed by atoms with Gasteiger partial charge in [-0.05, 0) is 114 Å². The molecule has 0 N–H and O–H groups in total. The highest BCUT2D eigenvalue weighted by molar-refractivity contribution is 7.99. The summed E-state index contributed by atoms with van der Waals surface area (Å²) in [7, 11) is 0. The molecular formula is C61H47NS. The minimum atomic E-state index is -0.519. The van der Waals surface area contributed by atoms with E-state index in [4.69, 9.17) is 0 Å². The first-order chi connectivity index (χ1) is 30.8. The molecule has 0 fully saturated rings. The molecule has 1 nitrogen and oxygen atoms in total. The van der Waals surface area contributed by atoms with Crippen molar-refractivity contribution >= 4 is 28.8 Å². The Balaban J connectivity index is 1.11. The highest BCUT2D eigenvalue weighted by Crippen LogP contribution is 2.59. The number of hydrogen-bond donors (Lipinski definition) is 0. The van der Waals surface area contributed by atoms with Crippen LogP contribution < -0.4 is 4.90 Å². The third-order valence-electron chi connectivity index (χ3n) is 14.4. The van der Waals surface area contributed by atoms with Gasteiger partial charge in [0.2, 0.25) is 0 Å². The molecule has 2 heteroatoms. The van der Waals surface area contributed by atoms with E-state index in [0.29, 0.717) is 0 Å². The maximum absolute atomic E-state index is 2.54. The number of nitrogens with zero attached hydrogens (tertiary/aromatic N) is 1. The van der Waals surface area contributed by atoms with Crippen LogP contribution in [0, 0.1) is 0 Å². The molecule has 9 aromatic rings. The second kappa shape index (κ2) is 14.1. The van der Waals surface area contributed by atoms with Crippen LogP contribution in [-0.2, 0) is 16.2 Å². The van der Waals surface area contributed by atoms with Gasteiger partial charge >= 0.3 is 0 Å². The Labute approximate surface area is 375 Å². The second-order valence-corrected chi connectivity index (χ2v) is 19.5. The van der Waals surface area contributed by atoms with Gasteiger partial charge in [0.1, 0.15) is 0 Å². The molecule has 0 atom stereocenters. The van der Waals surface area contributed by atoms with Gasteiger partial charge < -0.3 is 4.90 Å². The highest BCUT2D eigenvalue weighted by Gasteiger charge is 2.46. The van der Waals surface area contributed by atoms with Crippen LogP contribution in [0.2, 0.25) is 0 Å². The van der Waals surface area contributed by atoms with Crippen molar-refractivity contribution in [1.29, 1.82) is 0 Å². The summed E-state index contributed by atoms with van der Waals surface area (Å²) in [6.07, 6.45) is 0. The van der Waals surface area contributed by atoms with E-state index in [0.717, 1.165) is 11.4 Å². The first kappa shape index (κ1) is 37.9. The minimum absolute atomic E-state index is 0.0817. The van der Waals surface area contributed by atoms with Crippen LogP contribution in [0.1, 0.15) is 72.2 Å². The van der Waals surface area contributed by atoms with Gasteiger partial charge in [0.25, 0.3) is 0 Å². The number of benzene rings is 9. The standard InChI is InChI=1S/C61H47NS/c1-59(2)49-30-11-10-28-48(49)57-45(29-18-34-53(57)59)40-20-16-24-43(38-40)62(55-36-19-35-54-58(55)63-56-37-15-14-33-52(56)60(54,3)4)44-25-17-23-42(39-44)61(41-21-6-5-7-22-41)50-31-12-8-26-46(50)47-27-9-13-32-51(47)61/h5-39H,1-4H3. The zero-order valence-electron chi connectivity index (χ0n) is 36.1. The fraction of sp³-hybridized carbons (Fsp3) is 0.115. The smallest absolute Gasteiger partial charge is 0.0714 e. The van der Waals surface area contributed by atoms with Crippen molar-refractivity contribution in [2.24, 2.45) is 0 Å². The fourth-order valence-corrected chi connectivity index (χ4v) is 12.9. The first-order valence-electron chi connectivity index (χ1n) is 22.2. The fourth-order valence-electron chi connectivity index (χ4n) is 11.5. The Hall–Kier alpha value is -6.87. The van der Waals surface area contributed by atoms with Gasteiger partial charge in [0.15, 0.2) is 0 Å². The molecule has 0 saturated heterocycles. The van der Waals surface area contributed by atoms with Crippen molar-refractivity contribution in [2.75, 3.05) is 4.90 Å². The number of anilines is 3. The molecule has 1 heterocycles. The SMILES string of the molecule is CC1(C)c2ccccc2Sc2c(N(c3cccc(-c4cccc5c4-c4ccccc4C5(C)C)c3)c3cccc(C4(c5ccccc5)c5ccccc5-c5ccccc54)c3)cccc21. The number of hydrogen-bond acceptors (Lipinski definition) is 2. The summed E-state index contributed by atoms with van der Waals surface area (Å²) in [5.74, 6) is 0. The van der Waals surface area contributed by atoms with Gasteiger partial charge in [-0.2, -0.15) is 0 Å². The van der Waals surface area contributed by atoms with E-state index in [-0.39, 0.29) is 10.8 Å². The summed E-state index contributed by atoms with van der Waals surface area (Å²) in [5.41, 5.74) is 21.0. The van der Waals surface area contributed by atoms with Gasteiger partial charge in [0.05, 0.1) is 11.1 Å². The Morgan fingerprint density at radius 2 is 0.873 bits per heavy atom. The molecule has 302 valence electrons. The summed E-state index contributed by atoms with van der Waals surface area (Å²) in [6, 6.07) is 79.7. The molecule has 1 aliphatic heterocycles. The summed E-state index contributed by atoms with van der Waals surface area (Å²) >= 11 is 1.90. The van der Waals surface area contributed by atoms with Crippen molar-refractivity contribution in [3.63, 3.8) is 0 Å². The monoisotopic (exact) mass is 825 g/mol. The molecule has 12 rings (SSSR count). The first-order valence-corrected chi connectivity index (χ1v) is 23.0. The predicted molar refractivity (Wildman–Crippen MR) is 264 cm³/mol. The molecule has 0 saturated carbocycles. The van der Waals surface area contributed by atoms with E-state index in [1.807, 2.05) is 11.8 Å². The Kier molecular flexibility index (Phi) is 8.46. The largest absolute Gasteiger partial charge is 0.309 e. The quantitative estimate of drug-likeness (QED) is 0.164. The van der Waals surface area contributed by atoms with Crippen LogP contribution in [-0.4, -0.2) is 0 Å². The van der Waals surface area contributed by atoms with Gasteiger partial charge in [0, 0.05) is 32.0 Å². The average molecular weight is 826 g/mol. The molecule has 63 heavy (non-hydrogen) atoms. The van der Waals surface area contributed by atoms with Crippen LogP contribution in [0.15, 0.2) is 222 Å². The Morgan fingerprint density at radius 3 is 1.62 bits per heavy atom. The van der Waals surface area contributed by atoms with Crippen molar-refractivity contribution < 1.29 is 0 Å². The summed E-state index contributed by atoms with van der Waals surface area (Å²) in [4.78, 5) is 5.14. The molecule has 0 aromatic heterocycles. The zero-order valence-corrected chi connectivity index (χ0v) is 36.9. The Bertz CT molecular complexity index is 3240. The van der Waals surface area contributed by atoms with E-state index < -0.39 is 5.41 Å². The minimum Gasteiger partial charge on any atom is -0.309 e. The maximum atomic E-state index is 2.54. The lowest BCUT2D eigenvalue weighted by molar-refractivity contribution is 0.607. The predicted octanol–water partition coefficient (Wildman–Crippen LogP) is 16.3. The average Bonchev–Trinajstić information content (AvgIpc) is 3.76. The van der Waals surface area contributed by atoms with Gasteiger partial charge in [-0.25, -0.2) is 0 Å². The van der Waals surface area contributed by atoms with Gasteiger partial charge in [-0.3, -0.25) is 0 Å². The van der Waals surface area contributed by atoms with E-state index in [2.05, 4.69) is 245 Å².